The Morgan fingerprint density at radius 2 is 1.31 bits per heavy atom. The zero-order valence-corrected chi connectivity index (χ0v) is 27.8. The molecule has 8 heteroatoms. The van der Waals surface area contributed by atoms with Gasteiger partial charge in [-0.3, -0.25) is 13.9 Å². The Hall–Kier alpha value is -4.43. The van der Waals surface area contributed by atoms with Crippen LogP contribution < -0.4 is 9.62 Å². The standard InChI is InChI=1S/C37H43N3O4S/c1-27-14-13-17-31(21-27)25-39(34(36(42)38-37(4,5)6)24-30-15-9-7-10-16-30)35(41)26-40(32-22-28(2)20-29(3)23-32)45(43,44)33-18-11-8-12-19-33/h7-23,34H,24-26H2,1-6H3,(H,38,42). The lowest BCUT2D eigenvalue weighted by Crippen LogP contribution is -2.56. The van der Waals surface area contributed by atoms with Crippen molar-refractivity contribution in [2.24, 2.45) is 0 Å². The number of amides is 2. The maximum absolute atomic E-state index is 14.6. The van der Waals surface area contributed by atoms with Gasteiger partial charge in [0.15, 0.2) is 0 Å². The summed E-state index contributed by atoms with van der Waals surface area (Å²) in [5.74, 6) is -0.795. The van der Waals surface area contributed by atoms with Crippen LogP contribution in [0.3, 0.4) is 0 Å². The second kappa shape index (κ2) is 14.1. The summed E-state index contributed by atoms with van der Waals surface area (Å²) in [6, 6.07) is 30.0. The summed E-state index contributed by atoms with van der Waals surface area (Å²) < 4.78 is 29.5. The first-order valence-electron chi connectivity index (χ1n) is 15.1. The average molecular weight is 626 g/mol. The molecule has 0 bridgehead atoms. The van der Waals surface area contributed by atoms with Gasteiger partial charge >= 0.3 is 0 Å². The Labute approximate surface area is 268 Å². The number of nitrogens with zero attached hydrogens (tertiary/aromatic N) is 2. The lowest BCUT2D eigenvalue weighted by molar-refractivity contribution is -0.140. The number of carbonyl (C=O) groups is 2. The number of rotatable bonds is 11. The maximum atomic E-state index is 14.6. The number of hydrogen-bond donors (Lipinski definition) is 1. The molecule has 0 fully saturated rings. The van der Waals surface area contributed by atoms with Gasteiger partial charge in [-0.1, -0.05) is 84.4 Å². The van der Waals surface area contributed by atoms with Gasteiger partial charge in [-0.25, -0.2) is 8.42 Å². The van der Waals surface area contributed by atoms with Crippen LogP contribution in [0.15, 0.2) is 108 Å². The van der Waals surface area contributed by atoms with Crippen molar-refractivity contribution >= 4 is 27.5 Å². The second-order valence-corrected chi connectivity index (χ2v) is 14.5. The van der Waals surface area contributed by atoms with E-state index in [0.717, 1.165) is 32.1 Å². The fourth-order valence-corrected chi connectivity index (χ4v) is 6.78. The Morgan fingerprint density at radius 3 is 1.89 bits per heavy atom. The molecule has 1 unspecified atom stereocenters. The summed E-state index contributed by atoms with van der Waals surface area (Å²) in [6.07, 6.45) is 0.259. The van der Waals surface area contributed by atoms with Crippen molar-refractivity contribution < 1.29 is 18.0 Å². The molecule has 236 valence electrons. The molecule has 0 radical (unpaired) electrons. The van der Waals surface area contributed by atoms with Gasteiger partial charge in [-0.2, -0.15) is 0 Å². The first-order chi connectivity index (χ1) is 21.2. The Balaban J connectivity index is 1.84. The summed E-state index contributed by atoms with van der Waals surface area (Å²) in [5, 5.41) is 3.06. The predicted octanol–water partition coefficient (Wildman–Crippen LogP) is 6.36. The molecular weight excluding hydrogens is 582 g/mol. The fraction of sp³-hybridized carbons (Fsp3) is 0.297. The largest absolute Gasteiger partial charge is 0.350 e. The van der Waals surface area contributed by atoms with Crippen LogP contribution >= 0.6 is 0 Å². The van der Waals surface area contributed by atoms with Crippen LogP contribution in [0, 0.1) is 20.8 Å². The zero-order chi connectivity index (χ0) is 32.8. The lowest BCUT2D eigenvalue weighted by atomic mass is 10.0. The van der Waals surface area contributed by atoms with E-state index in [-0.39, 0.29) is 23.8 Å². The highest BCUT2D eigenvalue weighted by Crippen LogP contribution is 2.27. The monoisotopic (exact) mass is 625 g/mol. The van der Waals surface area contributed by atoms with Gasteiger partial charge in [0.05, 0.1) is 10.6 Å². The predicted molar refractivity (Wildman–Crippen MR) is 180 cm³/mol. The van der Waals surface area contributed by atoms with Gasteiger partial charge in [0.25, 0.3) is 10.0 Å². The number of benzene rings is 4. The molecule has 0 aliphatic rings. The fourth-order valence-electron chi connectivity index (χ4n) is 5.36. The normalized spacial score (nSPS) is 12.3. The van der Waals surface area contributed by atoms with E-state index in [2.05, 4.69) is 5.32 Å². The van der Waals surface area contributed by atoms with Crippen LogP contribution in [0.5, 0.6) is 0 Å². The van der Waals surface area contributed by atoms with Crippen LogP contribution in [0.2, 0.25) is 0 Å². The van der Waals surface area contributed by atoms with Crippen molar-refractivity contribution in [2.75, 3.05) is 10.8 Å². The van der Waals surface area contributed by atoms with E-state index in [1.54, 1.807) is 30.3 Å². The number of carbonyl (C=O) groups excluding carboxylic acids is 2. The molecule has 0 saturated heterocycles. The van der Waals surface area contributed by atoms with E-state index in [1.165, 1.54) is 17.0 Å². The van der Waals surface area contributed by atoms with E-state index < -0.39 is 34.1 Å². The summed E-state index contributed by atoms with van der Waals surface area (Å²) >= 11 is 0. The molecule has 4 aromatic carbocycles. The van der Waals surface area contributed by atoms with Crippen LogP contribution in [0.1, 0.15) is 48.6 Å². The molecule has 0 aliphatic carbocycles. The highest BCUT2D eigenvalue weighted by atomic mass is 32.2. The van der Waals surface area contributed by atoms with Crippen molar-refractivity contribution in [3.05, 3.63) is 131 Å². The number of sulfonamides is 1. The molecule has 0 heterocycles. The van der Waals surface area contributed by atoms with Crippen molar-refractivity contribution in [2.45, 2.75) is 71.0 Å². The summed E-state index contributed by atoms with van der Waals surface area (Å²) in [6.45, 7) is 11.1. The van der Waals surface area contributed by atoms with E-state index in [0.29, 0.717) is 5.69 Å². The number of hydrogen-bond acceptors (Lipinski definition) is 4. The van der Waals surface area contributed by atoms with Crippen molar-refractivity contribution in [1.82, 2.24) is 10.2 Å². The van der Waals surface area contributed by atoms with Gasteiger partial charge in [0.2, 0.25) is 11.8 Å². The van der Waals surface area contributed by atoms with Crippen LogP contribution in [0.25, 0.3) is 0 Å². The van der Waals surface area contributed by atoms with Crippen molar-refractivity contribution in [3.8, 4) is 0 Å². The first-order valence-corrected chi connectivity index (χ1v) is 16.5. The lowest BCUT2D eigenvalue weighted by Gasteiger charge is -2.35. The SMILES string of the molecule is Cc1cccc(CN(C(=O)CN(c2cc(C)cc(C)c2)S(=O)(=O)c2ccccc2)C(Cc2ccccc2)C(=O)NC(C)(C)C)c1. The Morgan fingerprint density at radius 1 is 0.733 bits per heavy atom. The molecule has 0 saturated carbocycles. The van der Waals surface area contributed by atoms with Crippen molar-refractivity contribution in [1.29, 1.82) is 0 Å². The quantitative estimate of drug-likeness (QED) is 0.210. The van der Waals surface area contributed by atoms with Crippen LogP contribution in [-0.2, 0) is 32.6 Å². The minimum absolute atomic E-state index is 0.0773. The van der Waals surface area contributed by atoms with Gasteiger partial charge < -0.3 is 10.2 Å². The maximum Gasteiger partial charge on any atom is 0.264 e. The third-order valence-corrected chi connectivity index (χ3v) is 9.10. The number of anilines is 1. The third-order valence-electron chi connectivity index (χ3n) is 7.31. The Kier molecular flexibility index (Phi) is 10.5. The van der Waals surface area contributed by atoms with Gasteiger partial charge in [0.1, 0.15) is 12.6 Å². The summed E-state index contributed by atoms with van der Waals surface area (Å²) in [7, 11) is -4.14. The minimum Gasteiger partial charge on any atom is -0.350 e. The highest BCUT2D eigenvalue weighted by molar-refractivity contribution is 7.92. The molecule has 4 aromatic rings. The summed E-state index contributed by atoms with van der Waals surface area (Å²) in [5.41, 5.74) is 4.32. The highest BCUT2D eigenvalue weighted by Gasteiger charge is 2.35. The third kappa shape index (κ3) is 9.05. The molecule has 7 nitrogen and oxygen atoms in total. The Bertz CT molecular complexity index is 1710. The van der Waals surface area contributed by atoms with E-state index in [9.17, 15) is 18.0 Å². The molecule has 0 spiro atoms. The minimum atomic E-state index is -4.14. The van der Waals surface area contributed by atoms with Crippen molar-refractivity contribution in [3.63, 3.8) is 0 Å². The molecule has 1 atom stereocenters. The zero-order valence-electron chi connectivity index (χ0n) is 26.9. The molecule has 1 N–H and O–H groups in total. The molecule has 2 amide bonds. The van der Waals surface area contributed by atoms with Gasteiger partial charge in [-0.15, -0.1) is 0 Å². The molecular formula is C37H43N3O4S. The van der Waals surface area contributed by atoms with Gasteiger partial charge in [-0.05, 0) is 88.1 Å². The smallest absolute Gasteiger partial charge is 0.264 e. The van der Waals surface area contributed by atoms with Crippen LogP contribution in [-0.4, -0.2) is 43.3 Å². The molecule has 45 heavy (non-hydrogen) atoms. The molecule has 4 rings (SSSR count). The number of nitrogens with one attached hydrogen (secondary N) is 1. The van der Waals surface area contributed by atoms with Gasteiger partial charge in [0, 0.05) is 18.5 Å². The second-order valence-electron chi connectivity index (χ2n) is 12.6. The average Bonchev–Trinajstić information content (AvgIpc) is 2.97. The number of aryl methyl sites for hydroxylation is 3. The van der Waals surface area contributed by atoms with Crippen LogP contribution in [0.4, 0.5) is 5.69 Å². The van der Waals surface area contributed by atoms with E-state index >= 15 is 0 Å². The topological polar surface area (TPSA) is 86.8 Å². The molecule has 0 aliphatic heterocycles. The first kappa shape index (κ1) is 33.5. The summed E-state index contributed by atoms with van der Waals surface area (Å²) in [4.78, 5) is 30.2. The molecule has 0 aromatic heterocycles. The van der Waals surface area contributed by atoms with E-state index in [4.69, 9.17) is 0 Å². The van der Waals surface area contributed by atoms with E-state index in [1.807, 2.05) is 102 Å².